The maximum Gasteiger partial charge on any atom is 0.321 e. The number of carboxylic acids is 1. The fourth-order valence-corrected chi connectivity index (χ4v) is 2.33. The first-order valence-corrected chi connectivity index (χ1v) is 5.87. The average Bonchev–Trinajstić information content (AvgIpc) is 2.62. The monoisotopic (exact) mass is 214 g/mol. The smallest absolute Gasteiger partial charge is 0.321 e. The van der Waals surface area contributed by atoms with Crippen molar-refractivity contribution in [3.05, 3.63) is 0 Å². The molecule has 0 amide bonds. The molecule has 0 spiro atoms. The van der Waals surface area contributed by atoms with Crippen molar-refractivity contribution >= 4 is 5.97 Å². The Morgan fingerprint density at radius 1 is 1.60 bits per heavy atom. The molecule has 0 bridgehead atoms. The Hall–Kier alpha value is -0.610. The van der Waals surface area contributed by atoms with E-state index >= 15 is 0 Å². The molecule has 2 N–H and O–H groups in total. The average molecular weight is 214 g/mol. The predicted molar refractivity (Wildman–Crippen MR) is 59.9 cm³/mol. The van der Waals surface area contributed by atoms with E-state index in [4.69, 9.17) is 5.11 Å². The van der Waals surface area contributed by atoms with Gasteiger partial charge in [0.15, 0.2) is 0 Å². The minimum atomic E-state index is -0.708. The van der Waals surface area contributed by atoms with Crippen molar-refractivity contribution in [1.29, 1.82) is 0 Å². The second-order valence-corrected chi connectivity index (χ2v) is 4.22. The van der Waals surface area contributed by atoms with E-state index in [1.54, 1.807) is 0 Å². The van der Waals surface area contributed by atoms with E-state index < -0.39 is 5.97 Å². The summed E-state index contributed by atoms with van der Waals surface area (Å²) in [4.78, 5) is 13.4. The van der Waals surface area contributed by atoms with Crippen LogP contribution in [-0.2, 0) is 4.79 Å². The summed E-state index contributed by atoms with van der Waals surface area (Å²) in [5.41, 5.74) is 0. The highest BCUT2D eigenvalue weighted by molar-refractivity contribution is 5.74. The van der Waals surface area contributed by atoms with Gasteiger partial charge in [0.25, 0.3) is 0 Å². The van der Waals surface area contributed by atoms with Crippen LogP contribution in [0.25, 0.3) is 0 Å². The maximum atomic E-state index is 11.1. The van der Waals surface area contributed by atoms with Crippen LogP contribution < -0.4 is 5.32 Å². The molecule has 1 fully saturated rings. The lowest BCUT2D eigenvalue weighted by molar-refractivity contribution is -0.140. The molecule has 0 aromatic carbocycles. The third-order valence-electron chi connectivity index (χ3n) is 3.01. The van der Waals surface area contributed by atoms with Crippen molar-refractivity contribution in [2.75, 3.05) is 26.2 Å². The summed E-state index contributed by atoms with van der Waals surface area (Å²) in [6.45, 7) is 7.91. The number of nitrogens with one attached hydrogen (secondary N) is 1. The second kappa shape index (κ2) is 6.08. The van der Waals surface area contributed by atoms with Gasteiger partial charge in [-0.25, -0.2) is 0 Å². The number of aliphatic carboxylic acids is 1. The molecule has 2 atom stereocenters. The number of rotatable bonds is 6. The molecule has 0 aromatic heterocycles. The number of hydrogen-bond acceptors (Lipinski definition) is 3. The first kappa shape index (κ1) is 12.5. The quantitative estimate of drug-likeness (QED) is 0.686. The van der Waals surface area contributed by atoms with Crippen LogP contribution in [0.5, 0.6) is 0 Å². The van der Waals surface area contributed by atoms with Gasteiger partial charge in [0.2, 0.25) is 0 Å². The summed E-state index contributed by atoms with van der Waals surface area (Å²) in [6, 6.07) is -0.364. The molecule has 0 radical (unpaired) electrons. The third-order valence-corrected chi connectivity index (χ3v) is 3.01. The molecule has 0 aliphatic carbocycles. The lowest BCUT2D eigenvalue weighted by Crippen LogP contribution is -2.43. The largest absolute Gasteiger partial charge is 0.480 e. The minimum absolute atomic E-state index is 0.272. The van der Waals surface area contributed by atoms with Gasteiger partial charge in [-0.15, -0.1) is 0 Å². The number of likely N-dealkylation sites (tertiary alicyclic amines) is 1. The summed E-state index contributed by atoms with van der Waals surface area (Å²) < 4.78 is 0. The molecular weight excluding hydrogens is 192 g/mol. The van der Waals surface area contributed by atoms with Crippen molar-refractivity contribution in [1.82, 2.24) is 10.2 Å². The summed E-state index contributed by atoms with van der Waals surface area (Å²) in [6.07, 6.45) is 2.15. The number of likely N-dealkylation sites (N-methyl/N-ethyl adjacent to an activating group) is 1. The molecule has 88 valence electrons. The van der Waals surface area contributed by atoms with E-state index in [2.05, 4.69) is 17.1 Å². The Kier molecular flexibility index (Phi) is 5.05. The highest BCUT2D eigenvalue weighted by Gasteiger charge is 2.32. The summed E-state index contributed by atoms with van der Waals surface area (Å²) in [7, 11) is 0. The number of carbonyl (C=O) groups is 1. The lowest BCUT2D eigenvalue weighted by Gasteiger charge is -2.20. The molecule has 1 aliphatic heterocycles. The van der Waals surface area contributed by atoms with E-state index in [1.165, 1.54) is 0 Å². The minimum Gasteiger partial charge on any atom is -0.480 e. The van der Waals surface area contributed by atoms with Crippen molar-refractivity contribution < 1.29 is 9.90 Å². The molecule has 1 rings (SSSR count). The molecular formula is C11H22N2O2. The van der Waals surface area contributed by atoms with Crippen LogP contribution in [-0.4, -0.2) is 48.2 Å². The predicted octanol–water partition coefficient (Wildman–Crippen LogP) is 0.781. The van der Waals surface area contributed by atoms with Gasteiger partial charge in [-0.1, -0.05) is 13.8 Å². The Morgan fingerprint density at radius 2 is 2.33 bits per heavy atom. The number of nitrogens with zero attached hydrogens (tertiary/aromatic N) is 1. The van der Waals surface area contributed by atoms with E-state index in [0.717, 1.165) is 39.0 Å². The van der Waals surface area contributed by atoms with Crippen LogP contribution in [0.2, 0.25) is 0 Å². The van der Waals surface area contributed by atoms with Crippen LogP contribution in [0.1, 0.15) is 26.7 Å². The highest BCUT2D eigenvalue weighted by atomic mass is 16.4. The van der Waals surface area contributed by atoms with Gasteiger partial charge in [0.05, 0.1) is 0 Å². The van der Waals surface area contributed by atoms with E-state index in [1.807, 2.05) is 6.92 Å². The highest BCUT2D eigenvalue weighted by Crippen LogP contribution is 2.20. The van der Waals surface area contributed by atoms with Crippen molar-refractivity contribution in [2.45, 2.75) is 32.7 Å². The topological polar surface area (TPSA) is 52.6 Å². The van der Waals surface area contributed by atoms with Gasteiger partial charge in [-0.3, -0.25) is 4.79 Å². The first-order chi connectivity index (χ1) is 7.19. The molecule has 1 aliphatic rings. The molecule has 4 heteroatoms. The molecule has 4 nitrogen and oxygen atoms in total. The zero-order valence-electron chi connectivity index (χ0n) is 9.70. The van der Waals surface area contributed by atoms with Gasteiger partial charge in [-0.2, -0.15) is 0 Å². The van der Waals surface area contributed by atoms with E-state index in [9.17, 15) is 4.79 Å². The maximum absolute atomic E-state index is 11.1. The molecule has 1 heterocycles. The Bertz CT molecular complexity index is 209. The fraction of sp³-hybridized carbons (Fsp3) is 0.909. The second-order valence-electron chi connectivity index (χ2n) is 4.22. The Balaban J connectivity index is 2.45. The SMILES string of the molecule is CCCN1CCC(C(NCC)C(=O)O)C1. The summed E-state index contributed by atoms with van der Waals surface area (Å²) in [5, 5.41) is 12.2. The standard InChI is InChI=1S/C11H22N2O2/c1-3-6-13-7-5-9(8-13)10(11(14)15)12-4-2/h9-10,12H,3-8H2,1-2H3,(H,14,15). The zero-order valence-corrected chi connectivity index (χ0v) is 9.70. The molecule has 2 unspecified atom stereocenters. The van der Waals surface area contributed by atoms with Crippen LogP contribution in [0.4, 0.5) is 0 Å². The third kappa shape index (κ3) is 3.47. The fourth-order valence-electron chi connectivity index (χ4n) is 2.33. The van der Waals surface area contributed by atoms with Crippen LogP contribution >= 0.6 is 0 Å². The Labute approximate surface area is 91.6 Å². The van der Waals surface area contributed by atoms with Gasteiger partial charge in [-0.05, 0) is 38.4 Å². The van der Waals surface area contributed by atoms with Crippen molar-refractivity contribution in [2.24, 2.45) is 5.92 Å². The van der Waals surface area contributed by atoms with Crippen molar-refractivity contribution in [3.63, 3.8) is 0 Å². The molecule has 0 saturated carbocycles. The van der Waals surface area contributed by atoms with E-state index in [0.29, 0.717) is 0 Å². The summed E-state index contributed by atoms with van der Waals surface area (Å²) in [5.74, 6) is -0.436. The molecule has 0 aromatic rings. The molecule has 15 heavy (non-hydrogen) atoms. The first-order valence-electron chi connectivity index (χ1n) is 5.87. The van der Waals surface area contributed by atoms with Gasteiger partial charge >= 0.3 is 5.97 Å². The van der Waals surface area contributed by atoms with Gasteiger partial charge < -0.3 is 15.3 Å². The summed E-state index contributed by atoms with van der Waals surface area (Å²) >= 11 is 0. The zero-order chi connectivity index (χ0) is 11.3. The Morgan fingerprint density at radius 3 is 2.87 bits per heavy atom. The molecule has 1 saturated heterocycles. The van der Waals surface area contributed by atoms with E-state index in [-0.39, 0.29) is 12.0 Å². The van der Waals surface area contributed by atoms with Crippen LogP contribution in [0, 0.1) is 5.92 Å². The number of hydrogen-bond donors (Lipinski definition) is 2. The van der Waals surface area contributed by atoms with Gasteiger partial charge in [0.1, 0.15) is 6.04 Å². The normalized spacial score (nSPS) is 24.3. The van der Waals surface area contributed by atoms with Crippen LogP contribution in [0.15, 0.2) is 0 Å². The van der Waals surface area contributed by atoms with Gasteiger partial charge in [0, 0.05) is 6.54 Å². The lowest BCUT2D eigenvalue weighted by atomic mass is 9.99. The van der Waals surface area contributed by atoms with Crippen LogP contribution in [0.3, 0.4) is 0 Å². The van der Waals surface area contributed by atoms with Crippen molar-refractivity contribution in [3.8, 4) is 0 Å². The number of carboxylic acid groups (broad SMARTS) is 1.